The molecule has 0 saturated heterocycles. The molecule has 14 heavy (non-hydrogen) atoms. The fourth-order valence-corrected chi connectivity index (χ4v) is 1.30. The van der Waals surface area contributed by atoms with Gasteiger partial charge in [0, 0.05) is 0 Å². The van der Waals surface area contributed by atoms with E-state index < -0.39 is 0 Å². The van der Waals surface area contributed by atoms with Crippen molar-refractivity contribution in [1.29, 1.82) is 0 Å². The van der Waals surface area contributed by atoms with Crippen molar-refractivity contribution < 1.29 is 0 Å². The molecule has 0 saturated carbocycles. The minimum absolute atomic E-state index is 1.20. The predicted molar refractivity (Wildman–Crippen MR) is 66.9 cm³/mol. The van der Waals surface area contributed by atoms with Crippen LogP contribution in [0.25, 0.3) is 0 Å². The van der Waals surface area contributed by atoms with Crippen molar-refractivity contribution in [2.24, 2.45) is 0 Å². The van der Waals surface area contributed by atoms with Gasteiger partial charge in [0.05, 0.1) is 0 Å². The molecular weight excluding hydrogens is 172 g/mol. The maximum Gasteiger partial charge on any atom is -0.00216 e. The Morgan fingerprint density at radius 3 is 1.21 bits per heavy atom. The number of hydrogen-bond acceptors (Lipinski definition) is 2. The van der Waals surface area contributed by atoms with Crippen LogP contribution in [0.5, 0.6) is 0 Å². The largest absolute Gasteiger partial charge is 0.309 e. The fourth-order valence-electron chi connectivity index (χ4n) is 1.30. The van der Waals surface area contributed by atoms with Gasteiger partial charge in [-0.25, -0.2) is 0 Å². The van der Waals surface area contributed by atoms with Crippen molar-refractivity contribution in [1.82, 2.24) is 9.80 Å². The van der Waals surface area contributed by atoms with Crippen molar-refractivity contribution in [2.45, 2.75) is 40.5 Å². The van der Waals surface area contributed by atoms with Crippen LogP contribution in [-0.4, -0.2) is 50.1 Å². The zero-order valence-electron chi connectivity index (χ0n) is 11.1. The van der Waals surface area contributed by atoms with E-state index in [0.29, 0.717) is 0 Å². The molecule has 0 amide bonds. The van der Waals surface area contributed by atoms with Gasteiger partial charge in [0.15, 0.2) is 0 Å². The van der Waals surface area contributed by atoms with Crippen LogP contribution in [0, 0.1) is 0 Å². The maximum atomic E-state index is 2.43. The van der Waals surface area contributed by atoms with E-state index in [4.69, 9.17) is 0 Å². The Morgan fingerprint density at radius 2 is 1.14 bits per heavy atom. The summed E-state index contributed by atoms with van der Waals surface area (Å²) in [5, 5.41) is 0. The van der Waals surface area contributed by atoms with Gasteiger partial charge in [-0.2, -0.15) is 0 Å². The number of hydrogen-bond donors (Lipinski definition) is 0. The highest BCUT2D eigenvalue weighted by Gasteiger charge is 1.92. The van der Waals surface area contributed by atoms with Crippen LogP contribution in [0.2, 0.25) is 0 Å². The van der Waals surface area contributed by atoms with E-state index in [0.717, 1.165) is 0 Å². The van der Waals surface area contributed by atoms with Gasteiger partial charge in [-0.3, -0.25) is 0 Å². The lowest BCUT2D eigenvalue weighted by molar-refractivity contribution is 0.304. The van der Waals surface area contributed by atoms with Gasteiger partial charge in [-0.15, -0.1) is 0 Å². The summed E-state index contributed by atoms with van der Waals surface area (Å²) in [5.74, 6) is 0. The summed E-state index contributed by atoms with van der Waals surface area (Å²) < 4.78 is 0. The van der Waals surface area contributed by atoms with Crippen molar-refractivity contribution in [3.63, 3.8) is 0 Å². The van der Waals surface area contributed by atoms with Crippen molar-refractivity contribution in [3.05, 3.63) is 0 Å². The molecule has 0 fully saturated rings. The number of nitrogens with zero attached hydrogens (tertiary/aromatic N) is 2. The molecule has 0 radical (unpaired) electrons. The minimum atomic E-state index is 1.20. The van der Waals surface area contributed by atoms with Gasteiger partial charge in [0.25, 0.3) is 0 Å². The normalized spacial score (nSPS) is 10.3. The van der Waals surface area contributed by atoms with Crippen LogP contribution in [0.1, 0.15) is 40.5 Å². The third-order valence-corrected chi connectivity index (χ3v) is 2.11. The first-order chi connectivity index (χ1) is 6.62. The van der Waals surface area contributed by atoms with E-state index in [2.05, 4.69) is 51.6 Å². The van der Waals surface area contributed by atoms with Crippen LogP contribution in [-0.2, 0) is 0 Å². The van der Waals surface area contributed by atoms with Gasteiger partial charge in [0.2, 0.25) is 0 Å². The van der Waals surface area contributed by atoms with Crippen LogP contribution in [0.3, 0.4) is 0 Å². The smallest absolute Gasteiger partial charge is 0.00216 e. The molecule has 0 unspecified atom stereocenters. The highest BCUT2D eigenvalue weighted by atomic mass is 15.1. The highest BCUT2D eigenvalue weighted by molar-refractivity contribution is 4.47. The summed E-state index contributed by atoms with van der Waals surface area (Å²) in [7, 11) is 4.17. The van der Waals surface area contributed by atoms with Crippen molar-refractivity contribution >= 4 is 0 Å². The van der Waals surface area contributed by atoms with E-state index >= 15 is 0 Å². The van der Waals surface area contributed by atoms with Crippen LogP contribution in [0.4, 0.5) is 0 Å². The molecule has 0 spiro atoms. The average molecular weight is 202 g/mol. The highest BCUT2D eigenvalue weighted by Crippen LogP contribution is 1.87. The van der Waals surface area contributed by atoms with Gasteiger partial charge in [0.1, 0.15) is 0 Å². The summed E-state index contributed by atoms with van der Waals surface area (Å²) >= 11 is 0. The summed E-state index contributed by atoms with van der Waals surface area (Å²) in [6, 6.07) is 0. The van der Waals surface area contributed by atoms with E-state index in [1.807, 2.05) is 0 Å². The molecule has 88 valence electrons. The summed E-state index contributed by atoms with van der Waals surface area (Å²) in [5.41, 5.74) is 0. The Bertz CT molecular complexity index is 88.3. The third kappa shape index (κ3) is 14.4. The van der Waals surface area contributed by atoms with E-state index in [1.165, 1.54) is 39.0 Å². The van der Waals surface area contributed by atoms with Crippen molar-refractivity contribution in [2.75, 3.05) is 40.3 Å². The molecule has 0 aromatic heterocycles. The molecule has 0 atom stereocenters. The second kappa shape index (κ2) is 12.9. The standard InChI is InChI=1S/C7H17N.C5H13N/c1-4-7-8(5-2)6-3;1-4-5-6(2)3/h4-7H2,1-3H3;4-5H2,1-3H3. The van der Waals surface area contributed by atoms with Gasteiger partial charge in [-0.05, 0) is 53.1 Å². The van der Waals surface area contributed by atoms with E-state index in [-0.39, 0.29) is 0 Å². The second-order valence-electron chi connectivity index (χ2n) is 3.83. The monoisotopic (exact) mass is 202 g/mol. The maximum absolute atomic E-state index is 2.43. The molecule has 0 heterocycles. The van der Waals surface area contributed by atoms with Gasteiger partial charge < -0.3 is 9.80 Å². The molecule has 0 aliphatic rings. The molecular formula is C12H30N2. The lowest BCUT2D eigenvalue weighted by atomic mass is 10.4. The van der Waals surface area contributed by atoms with Crippen LogP contribution < -0.4 is 0 Å². The summed E-state index contributed by atoms with van der Waals surface area (Å²) in [6.45, 7) is 13.7. The number of rotatable bonds is 6. The molecule has 0 aliphatic carbocycles. The molecule has 0 aromatic carbocycles. The molecule has 0 N–H and O–H groups in total. The van der Waals surface area contributed by atoms with Crippen LogP contribution >= 0.6 is 0 Å². The first kappa shape index (κ1) is 16.4. The van der Waals surface area contributed by atoms with E-state index in [1.54, 1.807) is 0 Å². The molecule has 0 aromatic rings. The zero-order valence-corrected chi connectivity index (χ0v) is 11.1. The summed E-state index contributed by atoms with van der Waals surface area (Å²) in [4.78, 5) is 4.61. The Labute approximate surface area is 91.3 Å². The first-order valence-electron chi connectivity index (χ1n) is 5.99. The molecule has 0 aliphatic heterocycles. The molecule has 2 heteroatoms. The fraction of sp³-hybridized carbons (Fsp3) is 1.00. The minimum Gasteiger partial charge on any atom is -0.309 e. The second-order valence-corrected chi connectivity index (χ2v) is 3.83. The van der Waals surface area contributed by atoms with E-state index in [9.17, 15) is 0 Å². The third-order valence-electron chi connectivity index (χ3n) is 2.11. The van der Waals surface area contributed by atoms with Gasteiger partial charge in [-0.1, -0.05) is 27.7 Å². The van der Waals surface area contributed by atoms with Gasteiger partial charge >= 0.3 is 0 Å². The summed E-state index contributed by atoms with van der Waals surface area (Å²) in [6.07, 6.45) is 2.54. The molecule has 2 nitrogen and oxygen atoms in total. The Balaban J connectivity index is 0. The molecule has 0 bridgehead atoms. The average Bonchev–Trinajstić information content (AvgIpc) is 2.15. The zero-order chi connectivity index (χ0) is 11.4. The SMILES string of the molecule is CCCN(C)C.CCCN(CC)CC. The Morgan fingerprint density at radius 1 is 0.714 bits per heavy atom. The lowest BCUT2D eigenvalue weighted by Crippen LogP contribution is -2.23. The first-order valence-corrected chi connectivity index (χ1v) is 5.99. The van der Waals surface area contributed by atoms with Crippen molar-refractivity contribution in [3.8, 4) is 0 Å². The van der Waals surface area contributed by atoms with Crippen LogP contribution in [0.15, 0.2) is 0 Å². The Kier molecular flexibility index (Phi) is 15.1. The predicted octanol–water partition coefficient (Wildman–Crippen LogP) is 2.70. The Hall–Kier alpha value is -0.0800. The topological polar surface area (TPSA) is 6.48 Å². The lowest BCUT2D eigenvalue weighted by Gasteiger charge is -2.15. The molecule has 0 rings (SSSR count). The quantitative estimate of drug-likeness (QED) is 0.653.